The molecule has 1 unspecified atom stereocenters. The summed E-state index contributed by atoms with van der Waals surface area (Å²) in [5, 5.41) is 18.8. The van der Waals surface area contributed by atoms with Crippen molar-refractivity contribution in [2.45, 2.75) is 77.9 Å². The van der Waals surface area contributed by atoms with E-state index in [9.17, 15) is 10.1 Å². The predicted octanol–water partition coefficient (Wildman–Crippen LogP) is 5.67. The topological polar surface area (TPSA) is 85.4 Å². The van der Waals surface area contributed by atoms with Crippen molar-refractivity contribution >= 4 is 5.69 Å². The van der Waals surface area contributed by atoms with E-state index in [1.165, 1.54) is 56.7 Å². The van der Waals surface area contributed by atoms with Gasteiger partial charge in [-0.1, -0.05) is 26.7 Å². The molecule has 29 heavy (non-hydrogen) atoms. The van der Waals surface area contributed by atoms with Crippen molar-refractivity contribution in [3.05, 3.63) is 39.4 Å². The first-order chi connectivity index (χ1) is 13.8. The van der Waals surface area contributed by atoms with Gasteiger partial charge in [0.1, 0.15) is 0 Å². The zero-order valence-electron chi connectivity index (χ0n) is 17.8. The van der Waals surface area contributed by atoms with E-state index < -0.39 is 4.92 Å². The van der Waals surface area contributed by atoms with Gasteiger partial charge >= 0.3 is 0 Å². The summed E-state index contributed by atoms with van der Waals surface area (Å²) >= 11 is 0. The number of rotatable bonds is 4. The molecule has 0 bridgehead atoms. The fourth-order valence-corrected chi connectivity index (χ4v) is 5.20. The molecule has 0 aromatic heterocycles. The van der Waals surface area contributed by atoms with Crippen LogP contribution in [0, 0.1) is 39.2 Å². The van der Waals surface area contributed by atoms with E-state index >= 15 is 0 Å². The number of nitrogens with zero attached hydrogens (tertiary/aromatic N) is 2. The molecule has 1 aliphatic heterocycles. The second-order valence-electron chi connectivity index (χ2n) is 9.10. The summed E-state index contributed by atoms with van der Waals surface area (Å²) in [5.74, 6) is -0.198. The summed E-state index contributed by atoms with van der Waals surface area (Å²) in [6.45, 7) is 8.01. The van der Waals surface area contributed by atoms with Crippen LogP contribution >= 0.6 is 0 Å². The van der Waals surface area contributed by atoms with Gasteiger partial charge in [-0.05, 0) is 55.6 Å². The van der Waals surface area contributed by atoms with Crippen molar-refractivity contribution in [1.82, 2.24) is 0 Å². The molecule has 3 fully saturated rings. The molecular formula is C23H32N2O4. The zero-order chi connectivity index (χ0) is 21.1. The lowest BCUT2D eigenvalue weighted by molar-refractivity contribution is -0.385. The molecule has 1 saturated heterocycles. The lowest BCUT2D eigenvalue weighted by atomic mass is 9.60. The lowest BCUT2D eigenvalue weighted by Crippen LogP contribution is -2.47. The average Bonchev–Trinajstić information content (AvgIpc) is 3.37. The van der Waals surface area contributed by atoms with Crippen LogP contribution in [0.15, 0.2) is 18.2 Å². The number of unbranched alkanes of at least 4 members (excludes halogenated alkanes) is 1. The summed E-state index contributed by atoms with van der Waals surface area (Å²) in [7, 11) is 0. The number of ether oxygens (including phenoxy) is 2. The third kappa shape index (κ3) is 4.46. The van der Waals surface area contributed by atoms with Gasteiger partial charge in [0.05, 0.1) is 29.8 Å². The average molecular weight is 401 g/mol. The predicted molar refractivity (Wildman–Crippen MR) is 110 cm³/mol. The van der Waals surface area contributed by atoms with Crippen LogP contribution in [0.3, 0.4) is 0 Å². The van der Waals surface area contributed by atoms with Gasteiger partial charge in [-0.15, -0.1) is 0 Å². The molecule has 3 aliphatic rings. The molecular weight excluding hydrogens is 368 g/mol. The molecule has 2 aliphatic carbocycles. The molecule has 0 amide bonds. The van der Waals surface area contributed by atoms with E-state index in [0.29, 0.717) is 22.0 Å². The Balaban J connectivity index is 0.000000177. The number of aryl methyl sites for hydroxylation is 1. The van der Waals surface area contributed by atoms with Crippen molar-refractivity contribution in [2.75, 3.05) is 13.2 Å². The molecule has 2 saturated carbocycles. The smallest absolute Gasteiger partial charge is 0.272 e. The van der Waals surface area contributed by atoms with Crippen LogP contribution < -0.4 is 0 Å². The number of nitriles is 1. The van der Waals surface area contributed by atoms with Crippen LogP contribution in [0.4, 0.5) is 5.69 Å². The lowest BCUT2D eigenvalue weighted by Gasteiger charge is -2.49. The van der Waals surface area contributed by atoms with E-state index in [2.05, 4.69) is 13.8 Å². The van der Waals surface area contributed by atoms with E-state index in [1.807, 2.05) is 6.07 Å². The second-order valence-corrected chi connectivity index (χ2v) is 9.10. The fourth-order valence-electron chi connectivity index (χ4n) is 5.20. The Bertz CT molecular complexity index is 791. The summed E-state index contributed by atoms with van der Waals surface area (Å²) in [5.41, 5.74) is 2.13. The maximum atomic E-state index is 10.3. The van der Waals surface area contributed by atoms with Gasteiger partial charge in [0.2, 0.25) is 0 Å². The monoisotopic (exact) mass is 400 g/mol. The number of hydrogen-bond acceptors (Lipinski definition) is 5. The van der Waals surface area contributed by atoms with Crippen molar-refractivity contribution in [3.63, 3.8) is 0 Å². The largest absolute Gasteiger partial charge is 0.348 e. The second kappa shape index (κ2) is 8.41. The van der Waals surface area contributed by atoms with Crippen molar-refractivity contribution in [2.24, 2.45) is 10.8 Å². The standard InChI is InChI=1S/C15H26O2.C8H6N2O2/c1-3-4-5-13(2)12-15(16-10-11-17-15)9-8-14(13)6-7-14;1-6-4-7(5-9)2-3-8(6)10(11)12/h3-12H2,1-2H3;2-4H,1H3. The minimum Gasteiger partial charge on any atom is -0.348 e. The molecule has 158 valence electrons. The van der Waals surface area contributed by atoms with Gasteiger partial charge in [0, 0.05) is 24.5 Å². The van der Waals surface area contributed by atoms with Crippen LogP contribution in [0.1, 0.15) is 76.3 Å². The van der Waals surface area contributed by atoms with Gasteiger partial charge in [0.15, 0.2) is 5.79 Å². The SMILES string of the molecule is CCCCC1(C)CC2(CCC13CC3)OCCO2.Cc1cc(C#N)ccc1[N+](=O)[O-]. The summed E-state index contributed by atoms with van der Waals surface area (Å²) < 4.78 is 11.9. The number of nitro benzene ring substituents is 1. The third-order valence-corrected chi connectivity index (χ3v) is 7.20. The van der Waals surface area contributed by atoms with Crippen molar-refractivity contribution in [1.29, 1.82) is 5.26 Å². The molecule has 0 N–H and O–H groups in total. The van der Waals surface area contributed by atoms with Crippen molar-refractivity contribution in [3.8, 4) is 6.07 Å². The van der Waals surface area contributed by atoms with E-state index in [0.717, 1.165) is 26.1 Å². The molecule has 6 heteroatoms. The normalized spacial score (nSPS) is 25.9. The van der Waals surface area contributed by atoms with Crippen LogP contribution in [-0.2, 0) is 9.47 Å². The fraction of sp³-hybridized carbons (Fsp3) is 0.696. The van der Waals surface area contributed by atoms with Gasteiger partial charge < -0.3 is 9.47 Å². The number of nitro groups is 1. The molecule has 0 radical (unpaired) electrons. The van der Waals surface area contributed by atoms with Gasteiger partial charge in [-0.2, -0.15) is 5.26 Å². The van der Waals surface area contributed by atoms with E-state index in [4.69, 9.17) is 14.7 Å². The molecule has 1 aromatic carbocycles. The highest BCUT2D eigenvalue weighted by Crippen LogP contribution is 2.69. The Kier molecular flexibility index (Phi) is 6.30. The first-order valence-corrected chi connectivity index (χ1v) is 10.7. The number of hydrogen-bond donors (Lipinski definition) is 0. The maximum Gasteiger partial charge on any atom is 0.272 e. The Hall–Kier alpha value is -1.97. The first kappa shape index (κ1) is 21.7. The van der Waals surface area contributed by atoms with Crippen molar-refractivity contribution < 1.29 is 14.4 Å². The van der Waals surface area contributed by atoms with Crippen LogP contribution in [0.25, 0.3) is 0 Å². The molecule has 1 heterocycles. The van der Waals surface area contributed by atoms with Crippen LogP contribution in [0.5, 0.6) is 0 Å². The van der Waals surface area contributed by atoms with Gasteiger partial charge in [0.25, 0.3) is 5.69 Å². The summed E-state index contributed by atoms with van der Waals surface area (Å²) in [6.07, 6.45) is 10.5. The quantitative estimate of drug-likeness (QED) is 0.480. The van der Waals surface area contributed by atoms with E-state index in [-0.39, 0.29) is 11.5 Å². The van der Waals surface area contributed by atoms with Crippen LogP contribution in [-0.4, -0.2) is 23.9 Å². The third-order valence-electron chi connectivity index (χ3n) is 7.20. The van der Waals surface area contributed by atoms with Gasteiger partial charge in [-0.3, -0.25) is 10.1 Å². The molecule has 2 spiro atoms. The maximum absolute atomic E-state index is 10.3. The zero-order valence-corrected chi connectivity index (χ0v) is 17.8. The Morgan fingerprint density at radius 3 is 2.38 bits per heavy atom. The Labute approximate surface area is 173 Å². The highest BCUT2D eigenvalue weighted by atomic mass is 16.7. The molecule has 1 aromatic rings. The summed E-state index contributed by atoms with van der Waals surface area (Å²) in [4.78, 5) is 9.88. The first-order valence-electron chi connectivity index (χ1n) is 10.7. The van der Waals surface area contributed by atoms with Crippen LogP contribution in [0.2, 0.25) is 0 Å². The molecule has 4 rings (SSSR count). The Morgan fingerprint density at radius 2 is 1.86 bits per heavy atom. The molecule has 6 nitrogen and oxygen atoms in total. The number of benzene rings is 1. The molecule has 1 atom stereocenters. The van der Waals surface area contributed by atoms with Gasteiger partial charge in [-0.25, -0.2) is 0 Å². The highest BCUT2D eigenvalue weighted by Gasteiger charge is 2.62. The highest BCUT2D eigenvalue weighted by molar-refractivity contribution is 5.45. The van der Waals surface area contributed by atoms with E-state index in [1.54, 1.807) is 6.92 Å². The Morgan fingerprint density at radius 1 is 1.21 bits per heavy atom. The minimum absolute atomic E-state index is 0.0500. The summed E-state index contributed by atoms with van der Waals surface area (Å²) in [6, 6.07) is 6.19. The minimum atomic E-state index is -0.462.